The van der Waals surface area contributed by atoms with E-state index in [9.17, 15) is 4.79 Å². The lowest BCUT2D eigenvalue weighted by atomic mass is 10.3. The first-order valence-corrected chi connectivity index (χ1v) is 4.21. The first-order chi connectivity index (χ1) is 6.31. The summed E-state index contributed by atoms with van der Waals surface area (Å²) in [5.74, 6) is -0.196. The summed E-state index contributed by atoms with van der Waals surface area (Å²) in [6, 6.07) is 0. The summed E-state index contributed by atoms with van der Waals surface area (Å²) >= 11 is 0. The molecule has 0 aromatic rings. The zero-order valence-electron chi connectivity index (χ0n) is 8.17. The minimum Gasteiger partial charge on any atom is -0.469 e. The van der Waals surface area contributed by atoms with E-state index >= 15 is 0 Å². The monoisotopic (exact) mass is 191 g/mol. The Bertz CT molecular complexity index is 129. The Balaban J connectivity index is 2.95. The molecule has 0 heterocycles. The van der Waals surface area contributed by atoms with Crippen LogP contribution in [0.25, 0.3) is 0 Å². The number of hydrogen-bond acceptors (Lipinski definition) is 5. The van der Waals surface area contributed by atoms with Gasteiger partial charge >= 0.3 is 5.97 Å². The van der Waals surface area contributed by atoms with Crippen molar-refractivity contribution in [2.24, 2.45) is 0 Å². The summed E-state index contributed by atoms with van der Waals surface area (Å²) in [6.45, 7) is 1.71. The number of carbonyl (C=O) groups is 1. The number of nitrogens with one attached hydrogen (secondary N) is 1. The van der Waals surface area contributed by atoms with Crippen LogP contribution in [0.1, 0.15) is 12.8 Å². The van der Waals surface area contributed by atoms with E-state index in [1.165, 1.54) is 7.11 Å². The number of rotatable bonds is 8. The van der Waals surface area contributed by atoms with Crippen molar-refractivity contribution in [3.63, 3.8) is 0 Å². The van der Waals surface area contributed by atoms with Crippen LogP contribution in [0.5, 0.6) is 0 Å². The second-order valence-corrected chi connectivity index (χ2v) is 2.42. The van der Waals surface area contributed by atoms with Crippen molar-refractivity contribution >= 4 is 5.97 Å². The Labute approximate surface area is 78.3 Å². The molecule has 0 atom stereocenters. The number of ether oxygens (including phenoxy) is 2. The predicted molar refractivity (Wildman–Crippen MR) is 47.1 cm³/mol. The largest absolute Gasteiger partial charge is 0.469 e. The highest BCUT2D eigenvalue weighted by Gasteiger charge is 1.98. The van der Waals surface area contributed by atoms with Crippen molar-refractivity contribution in [3.8, 4) is 0 Å². The van der Waals surface area contributed by atoms with Crippen LogP contribution in [0.3, 0.4) is 0 Å². The molecule has 0 unspecified atom stereocenters. The Hall–Kier alpha value is -0.650. The van der Waals surface area contributed by atoms with E-state index in [1.807, 2.05) is 0 Å². The second kappa shape index (κ2) is 9.44. The maximum Gasteiger partial charge on any atom is 0.305 e. The van der Waals surface area contributed by atoms with Crippen LogP contribution < -0.4 is 5.48 Å². The van der Waals surface area contributed by atoms with Crippen LogP contribution in [0, 0.1) is 0 Å². The van der Waals surface area contributed by atoms with Crippen molar-refractivity contribution in [2.75, 3.05) is 34.0 Å². The molecule has 0 radical (unpaired) electrons. The fraction of sp³-hybridized carbons (Fsp3) is 0.875. The molecular weight excluding hydrogens is 174 g/mol. The summed E-state index contributed by atoms with van der Waals surface area (Å²) in [7, 11) is 2.99. The van der Waals surface area contributed by atoms with E-state index in [-0.39, 0.29) is 5.97 Å². The van der Waals surface area contributed by atoms with Gasteiger partial charge in [-0.15, -0.1) is 0 Å². The summed E-state index contributed by atoms with van der Waals surface area (Å²) in [4.78, 5) is 15.6. The van der Waals surface area contributed by atoms with Gasteiger partial charge in [0, 0.05) is 20.1 Å². The first kappa shape index (κ1) is 12.3. The molecule has 5 heteroatoms. The number of esters is 1. The lowest BCUT2D eigenvalue weighted by molar-refractivity contribution is -0.140. The highest BCUT2D eigenvalue weighted by molar-refractivity contribution is 5.68. The van der Waals surface area contributed by atoms with E-state index in [4.69, 9.17) is 9.57 Å². The fourth-order valence-electron chi connectivity index (χ4n) is 0.676. The van der Waals surface area contributed by atoms with Gasteiger partial charge in [-0.2, -0.15) is 0 Å². The van der Waals surface area contributed by atoms with Gasteiger partial charge in [-0.05, 0) is 6.42 Å². The maximum atomic E-state index is 10.6. The van der Waals surface area contributed by atoms with Gasteiger partial charge in [-0.3, -0.25) is 9.63 Å². The van der Waals surface area contributed by atoms with Gasteiger partial charge in [-0.1, -0.05) is 0 Å². The molecule has 0 amide bonds. The van der Waals surface area contributed by atoms with E-state index in [1.54, 1.807) is 7.11 Å². The van der Waals surface area contributed by atoms with Crippen LogP contribution >= 0.6 is 0 Å². The molecule has 0 spiro atoms. The Morgan fingerprint density at radius 3 is 2.69 bits per heavy atom. The molecule has 78 valence electrons. The Morgan fingerprint density at radius 1 is 1.31 bits per heavy atom. The summed E-state index contributed by atoms with van der Waals surface area (Å²) < 4.78 is 9.23. The van der Waals surface area contributed by atoms with Crippen molar-refractivity contribution in [1.29, 1.82) is 0 Å². The smallest absolute Gasteiger partial charge is 0.305 e. The predicted octanol–water partition coefficient (Wildman–Crippen LogP) is 0.107. The van der Waals surface area contributed by atoms with Gasteiger partial charge in [-0.25, -0.2) is 5.48 Å². The fourth-order valence-corrected chi connectivity index (χ4v) is 0.676. The number of methoxy groups -OCH3 is 2. The molecule has 0 aliphatic heterocycles. The highest BCUT2D eigenvalue weighted by atomic mass is 16.7. The van der Waals surface area contributed by atoms with Crippen molar-refractivity contribution in [3.05, 3.63) is 0 Å². The third-order valence-corrected chi connectivity index (χ3v) is 1.38. The standard InChI is InChI=1S/C8H17NO4/c1-11-6-7-13-9-5-3-4-8(10)12-2/h9H,3-7H2,1-2H3. The molecule has 1 N–H and O–H groups in total. The molecule has 0 saturated heterocycles. The molecular formula is C8H17NO4. The molecule has 0 bridgehead atoms. The van der Waals surface area contributed by atoms with Gasteiger partial charge < -0.3 is 9.47 Å². The zero-order chi connectivity index (χ0) is 9.94. The number of hydroxylamine groups is 1. The average molecular weight is 191 g/mol. The minimum atomic E-state index is -0.196. The quantitative estimate of drug-likeness (QED) is 0.335. The first-order valence-electron chi connectivity index (χ1n) is 4.21. The molecule has 0 aromatic heterocycles. The third kappa shape index (κ3) is 9.26. The van der Waals surface area contributed by atoms with Crippen molar-refractivity contribution < 1.29 is 19.1 Å². The summed E-state index contributed by atoms with van der Waals surface area (Å²) in [5.41, 5.74) is 2.71. The number of hydrogen-bond donors (Lipinski definition) is 1. The van der Waals surface area contributed by atoms with Gasteiger partial charge in [0.25, 0.3) is 0 Å². The summed E-state index contributed by atoms with van der Waals surface area (Å²) in [6.07, 6.45) is 1.12. The van der Waals surface area contributed by atoms with Crippen LogP contribution in [0.15, 0.2) is 0 Å². The minimum absolute atomic E-state index is 0.196. The molecule has 0 saturated carbocycles. The molecule has 13 heavy (non-hydrogen) atoms. The van der Waals surface area contributed by atoms with Gasteiger partial charge in [0.05, 0.1) is 20.3 Å². The van der Waals surface area contributed by atoms with E-state index in [2.05, 4.69) is 10.2 Å². The van der Waals surface area contributed by atoms with E-state index in [0.29, 0.717) is 32.6 Å². The van der Waals surface area contributed by atoms with Gasteiger partial charge in [0.15, 0.2) is 0 Å². The van der Waals surface area contributed by atoms with Gasteiger partial charge in [0.1, 0.15) is 0 Å². The lowest BCUT2D eigenvalue weighted by Crippen LogP contribution is -2.19. The topological polar surface area (TPSA) is 56.8 Å². The van der Waals surface area contributed by atoms with Crippen LogP contribution in [0.4, 0.5) is 0 Å². The molecule has 0 aliphatic carbocycles. The second-order valence-electron chi connectivity index (χ2n) is 2.42. The van der Waals surface area contributed by atoms with Crippen molar-refractivity contribution in [1.82, 2.24) is 5.48 Å². The van der Waals surface area contributed by atoms with Crippen LogP contribution in [0.2, 0.25) is 0 Å². The average Bonchev–Trinajstić information content (AvgIpc) is 2.16. The van der Waals surface area contributed by atoms with E-state index < -0.39 is 0 Å². The number of carbonyl (C=O) groups excluding carboxylic acids is 1. The Morgan fingerprint density at radius 2 is 2.08 bits per heavy atom. The highest BCUT2D eigenvalue weighted by Crippen LogP contribution is 1.89. The molecule has 0 rings (SSSR count). The van der Waals surface area contributed by atoms with Crippen LogP contribution in [-0.4, -0.2) is 39.9 Å². The molecule has 0 fully saturated rings. The van der Waals surface area contributed by atoms with Crippen molar-refractivity contribution in [2.45, 2.75) is 12.8 Å². The maximum absolute atomic E-state index is 10.6. The van der Waals surface area contributed by atoms with Gasteiger partial charge in [0.2, 0.25) is 0 Å². The lowest BCUT2D eigenvalue weighted by Gasteiger charge is -2.04. The molecule has 5 nitrogen and oxygen atoms in total. The molecule has 0 aliphatic rings. The molecule has 0 aromatic carbocycles. The zero-order valence-corrected chi connectivity index (χ0v) is 8.17. The normalized spacial score (nSPS) is 10.0. The van der Waals surface area contributed by atoms with E-state index in [0.717, 1.165) is 0 Å². The third-order valence-electron chi connectivity index (χ3n) is 1.38. The summed E-state index contributed by atoms with van der Waals surface area (Å²) in [5, 5.41) is 0. The van der Waals surface area contributed by atoms with Crippen LogP contribution in [-0.2, 0) is 19.1 Å². The Kier molecular flexibility index (Phi) is 8.97. The SMILES string of the molecule is COCCONCCCC(=O)OC.